The molecule has 1 aromatic rings. The van der Waals surface area contributed by atoms with Crippen LogP contribution in [0, 0.1) is 6.92 Å². The predicted octanol–water partition coefficient (Wildman–Crippen LogP) is 0.343. The summed E-state index contributed by atoms with van der Waals surface area (Å²) >= 11 is 0. The van der Waals surface area contributed by atoms with Crippen LogP contribution in [0.15, 0.2) is 12.1 Å². The molecule has 0 aliphatic rings. The van der Waals surface area contributed by atoms with Gasteiger partial charge >= 0.3 is 5.97 Å². The minimum atomic E-state index is -1.10. The smallest absolute Gasteiger partial charge is 0.337 e. The maximum absolute atomic E-state index is 11.9. The first kappa shape index (κ1) is 15.6. The van der Waals surface area contributed by atoms with Gasteiger partial charge in [-0.05, 0) is 32.9 Å². The van der Waals surface area contributed by atoms with Crippen LogP contribution < -0.4 is 10.6 Å². The number of carbonyl (C=O) groups excluding carboxylic acids is 2. The first-order valence-electron chi connectivity index (χ1n) is 6.16. The van der Waals surface area contributed by atoms with Crippen LogP contribution in [-0.4, -0.2) is 40.5 Å². The normalized spacial score (nSPS) is 11.6. The zero-order valence-electron chi connectivity index (χ0n) is 11.6. The monoisotopic (exact) mass is 279 g/mol. The average molecular weight is 279 g/mol. The molecule has 20 heavy (non-hydrogen) atoms. The summed E-state index contributed by atoms with van der Waals surface area (Å²) in [6, 6.07) is 1.94. The van der Waals surface area contributed by atoms with Crippen molar-refractivity contribution in [2.45, 2.75) is 26.8 Å². The van der Waals surface area contributed by atoms with Gasteiger partial charge in [0, 0.05) is 6.54 Å². The quantitative estimate of drug-likeness (QED) is 0.720. The Hall–Kier alpha value is -2.44. The van der Waals surface area contributed by atoms with Gasteiger partial charge in [-0.3, -0.25) is 9.59 Å². The molecule has 1 rings (SSSR count). The lowest BCUT2D eigenvalue weighted by atomic mass is 10.2. The van der Waals surface area contributed by atoms with Crippen molar-refractivity contribution < 1.29 is 19.5 Å². The van der Waals surface area contributed by atoms with E-state index in [2.05, 4.69) is 15.6 Å². The van der Waals surface area contributed by atoms with Crippen molar-refractivity contribution >= 4 is 17.8 Å². The second-order valence-corrected chi connectivity index (χ2v) is 4.22. The highest BCUT2D eigenvalue weighted by Crippen LogP contribution is 2.07. The molecule has 108 valence electrons. The number of aryl methyl sites for hydroxylation is 1. The zero-order chi connectivity index (χ0) is 15.3. The Morgan fingerprint density at radius 3 is 2.50 bits per heavy atom. The number of carbonyl (C=O) groups is 3. The molecule has 1 atom stereocenters. The Morgan fingerprint density at radius 1 is 1.35 bits per heavy atom. The van der Waals surface area contributed by atoms with Gasteiger partial charge in [0.15, 0.2) is 0 Å². The number of nitrogens with one attached hydrogen (secondary N) is 2. The molecule has 0 bridgehead atoms. The van der Waals surface area contributed by atoms with Crippen molar-refractivity contribution in [2.24, 2.45) is 0 Å². The molecule has 0 saturated carbocycles. The predicted molar refractivity (Wildman–Crippen MR) is 71.5 cm³/mol. The summed E-state index contributed by atoms with van der Waals surface area (Å²) in [5.41, 5.74) is 0.359. The Kier molecular flexibility index (Phi) is 5.19. The first-order valence-corrected chi connectivity index (χ1v) is 6.16. The van der Waals surface area contributed by atoms with E-state index in [0.717, 1.165) is 0 Å². The minimum absolute atomic E-state index is 0.0401. The fraction of sp³-hybridized carbons (Fsp3) is 0.385. The molecule has 0 aliphatic carbocycles. The van der Waals surface area contributed by atoms with Crippen molar-refractivity contribution in [1.82, 2.24) is 15.6 Å². The summed E-state index contributed by atoms with van der Waals surface area (Å²) in [6.07, 6.45) is 0. The van der Waals surface area contributed by atoms with Gasteiger partial charge in [-0.1, -0.05) is 0 Å². The number of amides is 2. The zero-order valence-corrected chi connectivity index (χ0v) is 11.6. The van der Waals surface area contributed by atoms with E-state index in [0.29, 0.717) is 6.54 Å². The van der Waals surface area contributed by atoms with Gasteiger partial charge in [-0.25, -0.2) is 9.78 Å². The van der Waals surface area contributed by atoms with Gasteiger partial charge in [0.25, 0.3) is 5.91 Å². The number of pyridine rings is 1. The number of hydrogen-bond donors (Lipinski definition) is 3. The van der Waals surface area contributed by atoms with E-state index in [1.165, 1.54) is 19.1 Å². The summed E-state index contributed by atoms with van der Waals surface area (Å²) in [6.45, 7) is 5.32. The van der Waals surface area contributed by atoms with E-state index >= 15 is 0 Å². The molecular formula is C13H17N3O4. The molecular weight excluding hydrogens is 262 g/mol. The summed E-state index contributed by atoms with van der Waals surface area (Å²) < 4.78 is 0. The lowest BCUT2D eigenvalue weighted by molar-refractivity contribution is -0.122. The van der Waals surface area contributed by atoms with Crippen molar-refractivity contribution in [2.75, 3.05) is 6.54 Å². The van der Waals surface area contributed by atoms with Gasteiger partial charge in [-0.15, -0.1) is 0 Å². The molecule has 0 radical (unpaired) electrons. The van der Waals surface area contributed by atoms with Crippen LogP contribution in [0.25, 0.3) is 0 Å². The van der Waals surface area contributed by atoms with Crippen LogP contribution in [0.1, 0.15) is 40.4 Å². The Labute approximate surface area is 116 Å². The highest BCUT2D eigenvalue weighted by Gasteiger charge is 2.18. The molecule has 0 aliphatic heterocycles. The number of aromatic nitrogens is 1. The van der Waals surface area contributed by atoms with Crippen LogP contribution in [0.3, 0.4) is 0 Å². The van der Waals surface area contributed by atoms with Crippen molar-refractivity contribution in [3.8, 4) is 0 Å². The van der Waals surface area contributed by atoms with E-state index in [9.17, 15) is 14.4 Å². The number of nitrogens with zero attached hydrogens (tertiary/aromatic N) is 1. The number of likely N-dealkylation sites (N-methyl/N-ethyl adjacent to an activating group) is 1. The molecule has 1 heterocycles. The molecule has 0 spiro atoms. The van der Waals surface area contributed by atoms with E-state index in [4.69, 9.17) is 5.11 Å². The second kappa shape index (κ2) is 6.65. The van der Waals surface area contributed by atoms with Gasteiger partial charge in [0.2, 0.25) is 5.91 Å². The lowest BCUT2D eigenvalue weighted by Gasteiger charge is -2.13. The first-order chi connectivity index (χ1) is 9.36. The average Bonchev–Trinajstić information content (AvgIpc) is 2.38. The van der Waals surface area contributed by atoms with E-state index in [1.807, 2.05) is 0 Å². The van der Waals surface area contributed by atoms with Gasteiger partial charge < -0.3 is 15.7 Å². The number of hydrogen-bond acceptors (Lipinski definition) is 4. The molecule has 1 aromatic heterocycles. The molecule has 0 aromatic carbocycles. The number of rotatable bonds is 5. The molecule has 7 nitrogen and oxygen atoms in total. The van der Waals surface area contributed by atoms with E-state index in [1.54, 1.807) is 13.8 Å². The standard InChI is InChI=1S/C13H17N3O4/c1-4-14-11(17)8(3)16-12(18)10-6-5-9(13(19)20)7(2)15-10/h5-6,8H,4H2,1-3H3,(H,14,17)(H,16,18)(H,19,20). The van der Waals surface area contributed by atoms with Gasteiger partial charge in [-0.2, -0.15) is 0 Å². The number of aromatic carboxylic acids is 1. The summed E-state index contributed by atoms with van der Waals surface area (Å²) in [5.74, 6) is -1.92. The fourth-order valence-corrected chi connectivity index (χ4v) is 1.58. The fourth-order valence-electron chi connectivity index (χ4n) is 1.58. The molecule has 3 N–H and O–H groups in total. The maximum atomic E-state index is 11.9. The largest absolute Gasteiger partial charge is 0.478 e. The van der Waals surface area contributed by atoms with Crippen LogP contribution in [-0.2, 0) is 4.79 Å². The highest BCUT2D eigenvalue weighted by molar-refractivity contribution is 5.97. The number of carboxylic acids is 1. The lowest BCUT2D eigenvalue weighted by Crippen LogP contribution is -2.44. The topological polar surface area (TPSA) is 108 Å². The minimum Gasteiger partial charge on any atom is -0.478 e. The molecule has 2 amide bonds. The van der Waals surface area contributed by atoms with Crippen LogP contribution >= 0.6 is 0 Å². The Morgan fingerprint density at radius 2 is 2.00 bits per heavy atom. The van der Waals surface area contributed by atoms with Crippen LogP contribution in [0.2, 0.25) is 0 Å². The molecule has 1 unspecified atom stereocenters. The molecule has 0 fully saturated rings. The van der Waals surface area contributed by atoms with Crippen molar-refractivity contribution in [1.29, 1.82) is 0 Å². The second-order valence-electron chi connectivity index (χ2n) is 4.22. The van der Waals surface area contributed by atoms with Crippen LogP contribution in [0.4, 0.5) is 0 Å². The van der Waals surface area contributed by atoms with E-state index in [-0.39, 0.29) is 22.9 Å². The Bertz CT molecular complexity index is 542. The Balaban J connectivity index is 2.81. The SMILES string of the molecule is CCNC(=O)C(C)NC(=O)c1ccc(C(=O)O)c(C)n1. The highest BCUT2D eigenvalue weighted by atomic mass is 16.4. The third kappa shape index (κ3) is 3.78. The third-order valence-electron chi connectivity index (χ3n) is 2.64. The summed E-state index contributed by atoms with van der Waals surface area (Å²) in [5, 5.41) is 14.0. The molecule has 7 heteroatoms. The van der Waals surface area contributed by atoms with Gasteiger partial charge in [0.05, 0.1) is 11.3 Å². The third-order valence-corrected chi connectivity index (χ3v) is 2.64. The van der Waals surface area contributed by atoms with Gasteiger partial charge in [0.1, 0.15) is 11.7 Å². The summed E-state index contributed by atoms with van der Waals surface area (Å²) in [7, 11) is 0. The van der Waals surface area contributed by atoms with Crippen LogP contribution in [0.5, 0.6) is 0 Å². The summed E-state index contributed by atoms with van der Waals surface area (Å²) in [4.78, 5) is 38.2. The maximum Gasteiger partial charge on any atom is 0.337 e. The van der Waals surface area contributed by atoms with Crippen molar-refractivity contribution in [3.63, 3.8) is 0 Å². The molecule has 0 saturated heterocycles. The van der Waals surface area contributed by atoms with E-state index < -0.39 is 17.9 Å². The van der Waals surface area contributed by atoms with Crippen molar-refractivity contribution in [3.05, 3.63) is 29.1 Å². The number of carboxylic acid groups (broad SMARTS) is 1.